The van der Waals surface area contributed by atoms with Gasteiger partial charge in [-0.3, -0.25) is 4.98 Å². The number of nitrogens with zero attached hydrogens (tertiary/aromatic N) is 1. The number of carbonyl (C=O) groups excluding carboxylic acids is 1. The lowest BCUT2D eigenvalue weighted by Crippen LogP contribution is -2.40. The van der Waals surface area contributed by atoms with Gasteiger partial charge in [-0.05, 0) is 36.8 Å². The number of pyridine rings is 1. The van der Waals surface area contributed by atoms with Crippen LogP contribution in [0, 0.1) is 11.8 Å². The highest BCUT2D eigenvalue weighted by Crippen LogP contribution is 2.30. The third-order valence-electron chi connectivity index (χ3n) is 4.47. The van der Waals surface area contributed by atoms with Crippen LogP contribution in [0.2, 0.25) is 0 Å². The molecule has 0 saturated heterocycles. The van der Waals surface area contributed by atoms with E-state index in [1.807, 2.05) is 6.07 Å². The maximum absolute atomic E-state index is 11.4. The molecular formula is C17H26N2O2. The molecule has 1 saturated carbocycles. The largest absolute Gasteiger partial charge is 0.465 e. The van der Waals surface area contributed by atoms with E-state index in [0.29, 0.717) is 11.6 Å². The maximum Gasteiger partial charge on any atom is 0.339 e. The molecule has 1 N–H and O–H groups in total. The lowest BCUT2D eigenvalue weighted by Gasteiger charge is -2.35. The van der Waals surface area contributed by atoms with E-state index >= 15 is 0 Å². The first-order valence-corrected chi connectivity index (χ1v) is 7.88. The van der Waals surface area contributed by atoms with Crippen molar-refractivity contribution in [1.29, 1.82) is 0 Å². The van der Waals surface area contributed by atoms with Gasteiger partial charge in [-0.15, -0.1) is 0 Å². The summed E-state index contributed by atoms with van der Waals surface area (Å²) in [4.78, 5) is 15.7. The zero-order valence-corrected chi connectivity index (χ0v) is 13.3. The number of hydrogen-bond acceptors (Lipinski definition) is 4. The summed E-state index contributed by atoms with van der Waals surface area (Å²) in [6.45, 7) is 5.39. The van der Waals surface area contributed by atoms with Gasteiger partial charge < -0.3 is 10.1 Å². The van der Waals surface area contributed by atoms with Crippen molar-refractivity contribution in [3.8, 4) is 0 Å². The normalized spacial score (nSPS) is 22.3. The minimum absolute atomic E-state index is 0.339. The molecule has 0 radical (unpaired) electrons. The fourth-order valence-corrected chi connectivity index (χ4v) is 3.21. The van der Waals surface area contributed by atoms with Crippen LogP contribution in [0.15, 0.2) is 18.3 Å². The lowest BCUT2D eigenvalue weighted by molar-refractivity contribution is 0.0600. The van der Waals surface area contributed by atoms with Gasteiger partial charge >= 0.3 is 5.97 Å². The molecule has 0 bridgehead atoms. The molecule has 0 aliphatic heterocycles. The van der Waals surface area contributed by atoms with Crippen LogP contribution >= 0.6 is 0 Å². The van der Waals surface area contributed by atoms with E-state index < -0.39 is 0 Å². The molecule has 2 atom stereocenters. The lowest BCUT2D eigenvalue weighted by atomic mass is 9.78. The molecule has 1 aliphatic carbocycles. The molecule has 0 aromatic carbocycles. The van der Waals surface area contributed by atoms with Crippen LogP contribution in [0.25, 0.3) is 0 Å². The summed E-state index contributed by atoms with van der Waals surface area (Å²) in [5.41, 5.74) is 1.47. The number of carbonyl (C=O) groups is 1. The molecule has 2 unspecified atom stereocenters. The molecule has 0 amide bonds. The molecule has 116 valence electrons. The number of rotatable bonds is 5. The molecular weight excluding hydrogens is 264 g/mol. The Hall–Kier alpha value is -1.42. The Balaban J connectivity index is 1.91. The first-order valence-electron chi connectivity index (χ1n) is 7.88. The number of esters is 1. The van der Waals surface area contributed by atoms with Crippen molar-refractivity contribution in [3.05, 3.63) is 29.6 Å². The first-order chi connectivity index (χ1) is 10.1. The van der Waals surface area contributed by atoms with Crippen LogP contribution in [0.4, 0.5) is 0 Å². The number of nitrogens with one attached hydrogen (secondary N) is 1. The van der Waals surface area contributed by atoms with Crippen molar-refractivity contribution in [2.45, 2.75) is 52.1 Å². The third kappa shape index (κ3) is 4.27. The Labute approximate surface area is 127 Å². The minimum Gasteiger partial charge on any atom is -0.465 e. The van der Waals surface area contributed by atoms with E-state index in [4.69, 9.17) is 0 Å². The van der Waals surface area contributed by atoms with E-state index in [2.05, 4.69) is 28.9 Å². The van der Waals surface area contributed by atoms with Crippen LogP contribution in [0.1, 0.15) is 55.6 Å². The average Bonchev–Trinajstić information content (AvgIpc) is 2.52. The summed E-state index contributed by atoms with van der Waals surface area (Å²) < 4.78 is 4.68. The van der Waals surface area contributed by atoms with Gasteiger partial charge in [-0.2, -0.15) is 0 Å². The van der Waals surface area contributed by atoms with Crippen molar-refractivity contribution in [3.63, 3.8) is 0 Å². The van der Waals surface area contributed by atoms with Crippen LogP contribution in [0.5, 0.6) is 0 Å². The highest BCUT2D eigenvalue weighted by Gasteiger charge is 2.26. The molecule has 1 aliphatic rings. The molecule has 1 aromatic rings. The van der Waals surface area contributed by atoms with Crippen LogP contribution < -0.4 is 5.32 Å². The van der Waals surface area contributed by atoms with Gasteiger partial charge in [0.25, 0.3) is 0 Å². The molecule has 2 rings (SSSR count). The van der Waals surface area contributed by atoms with Gasteiger partial charge in [-0.25, -0.2) is 4.79 Å². The number of aromatic nitrogens is 1. The van der Waals surface area contributed by atoms with Crippen LogP contribution in [-0.4, -0.2) is 24.1 Å². The molecule has 1 aromatic heterocycles. The quantitative estimate of drug-likeness (QED) is 0.846. The average molecular weight is 290 g/mol. The maximum atomic E-state index is 11.4. The Morgan fingerprint density at radius 2 is 2.14 bits per heavy atom. The molecule has 4 nitrogen and oxygen atoms in total. The number of hydrogen-bond donors (Lipinski definition) is 1. The number of methoxy groups -OCH3 is 1. The molecule has 1 heterocycles. The van der Waals surface area contributed by atoms with Crippen LogP contribution in [-0.2, 0) is 11.3 Å². The third-order valence-corrected chi connectivity index (χ3v) is 4.47. The fraction of sp³-hybridized carbons (Fsp3) is 0.647. The van der Waals surface area contributed by atoms with Gasteiger partial charge in [0.15, 0.2) is 0 Å². The van der Waals surface area contributed by atoms with Crippen molar-refractivity contribution in [2.24, 2.45) is 11.8 Å². The second-order valence-electron chi connectivity index (χ2n) is 6.21. The first kappa shape index (κ1) is 16.0. The standard InChI is InChI=1S/C17H26N2O2/c1-12(2)15-6-4-5-7-16(15)19-11-14-9-8-13(10-18-14)17(20)21-3/h8-10,12,15-16,19H,4-7,11H2,1-3H3. The molecule has 0 spiro atoms. The Bertz CT molecular complexity index is 456. The Morgan fingerprint density at radius 3 is 2.76 bits per heavy atom. The van der Waals surface area contributed by atoms with E-state index in [1.165, 1.54) is 32.8 Å². The predicted octanol–water partition coefficient (Wildman–Crippen LogP) is 3.17. The van der Waals surface area contributed by atoms with Crippen molar-refractivity contribution >= 4 is 5.97 Å². The van der Waals surface area contributed by atoms with Crippen LogP contribution in [0.3, 0.4) is 0 Å². The van der Waals surface area contributed by atoms with E-state index in [-0.39, 0.29) is 5.97 Å². The molecule has 1 fully saturated rings. The van der Waals surface area contributed by atoms with Crippen molar-refractivity contribution in [2.75, 3.05) is 7.11 Å². The number of ether oxygens (including phenoxy) is 1. The van der Waals surface area contributed by atoms with Gasteiger partial charge in [0.2, 0.25) is 0 Å². The second-order valence-corrected chi connectivity index (χ2v) is 6.21. The highest BCUT2D eigenvalue weighted by molar-refractivity contribution is 5.88. The van der Waals surface area contributed by atoms with Crippen molar-refractivity contribution < 1.29 is 9.53 Å². The zero-order chi connectivity index (χ0) is 15.2. The van der Waals surface area contributed by atoms with Gasteiger partial charge in [0.05, 0.1) is 18.4 Å². The Morgan fingerprint density at radius 1 is 1.38 bits per heavy atom. The van der Waals surface area contributed by atoms with Gasteiger partial charge in [0, 0.05) is 18.8 Å². The monoisotopic (exact) mass is 290 g/mol. The zero-order valence-electron chi connectivity index (χ0n) is 13.3. The summed E-state index contributed by atoms with van der Waals surface area (Å²) in [5.74, 6) is 1.14. The summed E-state index contributed by atoms with van der Waals surface area (Å²) in [6, 6.07) is 4.25. The SMILES string of the molecule is COC(=O)c1ccc(CNC2CCCCC2C(C)C)nc1. The van der Waals surface area contributed by atoms with E-state index in [0.717, 1.165) is 24.1 Å². The summed E-state index contributed by atoms with van der Waals surface area (Å²) in [5, 5.41) is 3.65. The topological polar surface area (TPSA) is 51.2 Å². The van der Waals surface area contributed by atoms with Gasteiger partial charge in [0.1, 0.15) is 0 Å². The predicted molar refractivity (Wildman–Crippen MR) is 83.0 cm³/mol. The fourth-order valence-electron chi connectivity index (χ4n) is 3.21. The summed E-state index contributed by atoms with van der Waals surface area (Å²) in [7, 11) is 1.38. The second kappa shape index (κ2) is 7.55. The van der Waals surface area contributed by atoms with Gasteiger partial charge in [-0.1, -0.05) is 26.7 Å². The van der Waals surface area contributed by atoms with E-state index in [1.54, 1.807) is 12.3 Å². The minimum atomic E-state index is -0.339. The Kier molecular flexibility index (Phi) is 5.74. The molecule has 4 heteroatoms. The summed E-state index contributed by atoms with van der Waals surface area (Å²) >= 11 is 0. The smallest absolute Gasteiger partial charge is 0.339 e. The van der Waals surface area contributed by atoms with E-state index in [9.17, 15) is 4.79 Å². The van der Waals surface area contributed by atoms with Crippen molar-refractivity contribution in [1.82, 2.24) is 10.3 Å². The molecule has 21 heavy (non-hydrogen) atoms. The summed E-state index contributed by atoms with van der Waals surface area (Å²) in [6.07, 6.45) is 6.83. The highest BCUT2D eigenvalue weighted by atomic mass is 16.5.